The lowest BCUT2D eigenvalue weighted by Crippen LogP contribution is -2.30. The minimum absolute atomic E-state index is 0.00185. The number of aliphatic hydroxyl groups excluding tert-OH is 1. The number of para-hydroxylation sites is 1. The SMILES string of the molecule is CNCc1cccc(F)c1OC1CS(=O)(=O)CC1O. The monoisotopic (exact) mass is 289 g/mol. The van der Waals surface area contributed by atoms with E-state index in [4.69, 9.17) is 4.74 Å². The quantitative estimate of drug-likeness (QED) is 0.821. The van der Waals surface area contributed by atoms with E-state index in [2.05, 4.69) is 5.32 Å². The van der Waals surface area contributed by atoms with Gasteiger partial charge >= 0.3 is 0 Å². The number of nitrogens with one attached hydrogen (secondary N) is 1. The average Bonchev–Trinajstić information content (AvgIpc) is 2.57. The third kappa shape index (κ3) is 3.23. The van der Waals surface area contributed by atoms with Gasteiger partial charge in [0.25, 0.3) is 0 Å². The molecule has 106 valence electrons. The summed E-state index contributed by atoms with van der Waals surface area (Å²) in [7, 11) is -1.60. The van der Waals surface area contributed by atoms with Gasteiger partial charge in [0.2, 0.25) is 0 Å². The van der Waals surface area contributed by atoms with Crippen LogP contribution in [0.3, 0.4) is 0 Å². The van der Waals surface area contributed by atoms with Crippen LogP contribution in [-0.2, 0) is 16.4 Å². The van der Waals surface area contributed by atoms with Crippen molar-refractivity contribution < 1.29 is 22.7 Å². The Morgan fingerprint density at radius 2 is 2.21 bits per heavy atom. The molecule has 0 saturated carbocycles. The molecule has 0 aliphatic carbocycles. The molecule has 2 N–H and O–H groups in total. The molecule has 2 unspecified atom stereocenters. The van der Waals surface area contributed by atoms with Crippen LogP contribution in [0.2, 0.25) is 0 Å². The van der Waals surface area contributed by atoms with Crippen molar-refractivity contribution in [1.82, 2.24) is 5.32 Å². The zero-order valence-corrected chi connectivity index (χ0v) is 11.3. The average molecular weight is 289 g/mol. The van der Waals surface area contributed by atoms with Gasteiger partial charge in [-0.25, -0.2) is 12.8 Å². The summed E-state index contributed by atoms with van der Waals surface area (Å²) < 4.78 is 41.9. The van der Waals surface area contributed by atoms with E-state index in [0.29, 0.717) is 12.1 Å². The number of aliphatic hydroxyl groups is 1. The van der Waals surface area contributed by atoms with E-state index in [1.54, 1.807) is 19.2 Å². The molecule has 1 fully saturated rings. The second-order valence-electron chi connectivity index (χ2n) is 4.56. The Kier molecular flexibility index (Phi) is 4.07. The minimum Gasteiger partial charge on any atom is -0.483 e. The molecule has 2 rings (SSSR count). The minimum atomic E-state index is -3.32. The van der Waals surface area contributed by atoms with Crippen LogP contribution in [0.15, 0.2) is 18.2 Å². The molecule has 1 aromatic carbocycles. The third-order valence-corrected chi connectivity index (χ3v) is 4.64. The first kappa shape index (κ1) is 14.2. The van der Waals surface area contributed by atoms with Crippen LogP contribution in [0.5, 0.6) is 5.75 Å². The standard InChI is InChI=1S/C12H16FNO4S/c1-14-5-8-3-2-4-9(13)12(8)18-11-7-19(16,17)6-10(11)15/h2-4,10-11,14-15H,5-7H2,1H3. The Bertz CT molecular complexity index is 561. The molecular formula is C12H16FNO4S. The molecule has 5 nitrogen and oxygen atoms in total. The number of hydrogen-bond acceptors (Lipinski definition) is 5. The van der Waals surface area contributed by atoms with Gasteiger partial charge < -0.3 is 15.2 Å². The number of sulfone groups is 1. The van der Waals surface area contributed by atoms with Crippen molar-refractivity contribution in [3.8, 4) is 5.75 Å². The van der Waals surface area contributed by atoms with Crippen molar-refractivity contribution in [2.45, 2.75) is 18.8 Å². The lowest BCUT2D eigenvalue weighted by atomic mass is 10.2. The molecule has 0 radical (unpaired) electrons. The summed E-state index contributed by atoms with van der Waals surface area (Å²) in [5.41, 5.74) is 0.582. The summed E-state index contributed by atoms with van der Waals surface area (Å²) in [6.45, 7) is 0.392. The van der Waals surface area contributed by atoms with Gasteiger partial charge in [0.1, 0.15) is 12.2 Å². The van der Waals surface area contributed by atoms with Crippen molar-refractivity contribution >= 4 is 9.84 Å². The van der Waals surface area contributed by atoms with E-state index in [-0.39, 0.29) is 17.3 Å². The van der Waals surface area contributed by atoms with E-state index in [1.807, 2.05) is 0 Å². The Balaban J connectivity index is 2.24. The van der Waals surface area contributed by atoms with Gasteiger partial charge in [-0.2, -0.15) is 0 Å². The van der Waals surface area contributed by atoms with Crippen molar-refractivity contribution in [1.29, 1.82) is 0 Å². The number of halogens is 1. The first-order valence-corrected chi connectivity index (χ1v) is 7.72. The predicted molar refractivity (Wildman–Crippen MR) is 68.2 cm³/mol. The summed E-state index contributed by atoms with van der Waals surface area (Å²) in [6.07, 6.45) is -2.04. The van der Waals surface area contributed by atoms with Crippen molar-refractivity contribution in [3.63, 3.8) is 0 Å². The number of ether oxygens (including phenoxy) is 1. The van der Waals surface area contributed by atoms with Gasteiger partial charge in [0.15, 0.2) is 21.4 Å². The Labute approximate surface area is 111 Å². The zero-order valence-electron chi connectivity index (χ0n) is 10.5. The molecule has 19 heavy (non-hydrogen) atoms. The molecule has 0 spiro atoms. The Morgan fingerprint density at radius 1 is 1.47 bits per heavy atom. The second kappa shape index (κ2) is 5.44. The first-order chi connectivity index (χ1) is 8.93. The summed E-state index contributed by atoms with van der Waals surface area (Å²) >= 11 is 0. The molecule has 1 aromatic rings. The molecule has 1 aliphatic rings. The normalized spacial score (nSPS) is 25.4. The Morgan fingerprint density at radius 3 is 2.79 bits per heavy atom. The molecule has 0 bridgehead atoms. The summed E-state index contributed by atoms with van der Waals surface area (Å²) in [6, 6.07) is 4.48. The molecule has 1 heterocycles. The van der Waals surface area contributed by atoms with Gasteiger partial charge in [0, 0.05) is 12.1 Å². The highest BCUT2D eigenvalue weighted by Gasteiger charge is 2.38. The zero-order chi connectivity index (χ0) is 14.0. The topological polar surface area (TPSA) is 75.6 Å². The molecule has 1 aliphatic heterocycles. The van der Waals surface area contributed by atoms with Crippen LogP contribution in [0.4, 0.5) is 4.39 Å². The van der Waals surface area contributed by atoms with Crippen molar-refractivity contribution in [2.24, 2.45) is 0 Å². The van der Waals surface area contributed by atoms with Crippen LogP contribution >= 0.6 is 0 Å². The van der Waals surface area contributed by atoms with Gasteiger partial charge in [-0.3, -0.25) is 0 Å². The maximum atomic E-state index is 13.8. The maximum absolute atomic E-state index is 13.8. The predicted octanol–water partition coefficient (Wildman–Crippen LogP) is 0.0818. The van der Waals surface area contributed by atoms with E-state index in [9.17, 15) is 17.9 Å². The number of hydrogen-bond donors (Lipinski definition) is 2. The molecule has 7 heteroatoms. The summed E-state index contributed by atoms with van der Waals surface area (Å²) in [4.78, 5) is 0. The van der Waals surface area contributed by atoms with Crippen LogP contribution in [0, 0.1) is 5.82 Å². The van der Waals surface area contributed by atoms with Crippen LogP contribution < -0.4 is 10.1 Å². The fourth-order valence-corrected chi connectivity index (χ4v) is 3.74. The van der Waals surface area contributed by atoms with Gasteiger partial charge in [-0.1, -0.05) is 12.1 Å². The van der Waals surface area contributed by atoms with Crippen LogP contribution in [0.25, 0.3) is 0 Å². The number of benzene rings is 1. The van der Waals surface area contributed by atoms with E-state index >= 15 is 0 Å². The van der Waals surface area contributed by atoms with Gasteiger partial charge in [-0.15, -0.1) is 0 Å². The maximum Gasteiger partial charge on any atom is 0.165 e. The van der Waals surface area contributed by atoms with Crippen LogP contribution in [-0.4, -0.2) is 44.3 Å². The molecule has 2 atom stereocenters. The van der Waals surface area contributed by atoms with E-state index in [1.165, 1.54) is 6.07 Å². The Hall–Kier alpha value is -1.18. The highest BCUT2D eigenvalue weighted by molar-refractivity contribution is 7.91. The highest BCUT2D eigenvalue weighted by atomic mass is 32.2. The van der Waals surface area contributed by atoms with Crippen molar-refractivity contribution in [3.05, 3.63) is 29.6 Å². The first-order valence-electron chi connectivity index (χ1n) is 5.90. The van der Waals surface area contributed by atoms with Gasteiger partial charge in [0.05, 0.1) is 11.5 Å². The second-order valence-corrected chi connectivity index (χ2v) is 6.71. The van der Waals surface area contributed by atoms with Crippen molar-refractivity contribution in [2.75, 3.05) is 18.6 Å². The van der Waals surface area contributed by atoms with E-state index < -0.39 is 27.9 Å². The summed E-state index contributed by atoms with van der Waals surface area (Å²) in [5.74, 6) is -1.20. The third-order valence-electron chi connectivity index (χ3n) is 2.96. The highest BCUT2D eigenvalue weighted by Crippen LogP contribution is 2.27. The van der Waals surface area contributed by atoms with Gasteiger partial charge in [-0.05, 0) is 13.1 Å². The molecule has 0 aromatic heterocycles. The lowest BCUT2D eigenvalue weighted by Gasteiger charge is -2.18. The van der Waals surface area contributed by atoms with Crippen LogP contribution in [0.1, 0.15) is 5.56 Å². The summed E-state index contributed by atoms with van der Waals surface area (Å²) in [5, 5.41) is 12.5. The molecular weight excluding hydrogens is 273 g/mol. The fourth-order valence-electron chi connectivity index (χ4n) is 2.08. The smallest absolute Gasteiger partial charge is 0.165 e. The lowest BCUT2D eigenvalue weighted by molar-refractivity contribution is 0.0703. The molecule has 1 saturated heterocycles. The number of rotatable bonds is 4. The largest absolute Gasteiger partial charge is 0.483 e. The molecule has 0 amide bonds. The fraction of sp³-hybridized carbons (Fsp3) is 0.500. The van der Waals surface area contributed by atoms with E-state index in [0.717, 1.165) is 0 Å².